The second kappa shape index (κ2) is 3.39. The number of fused-ring (bicyclic) bond motifs is 2. The molecule has 0 spiro atoms. The van der Waals surface area contributed by atoms with Gasteiger partial charge in [0.2, 0.25) is 0 Å². The van der Waals surface area contributed by atoms with E-state index in [1.807, 2.05) is 23.1 Å². The van der Waals surface area contributed by atoms with Gasteiger partial charge in [0.1, 0.15) is 0 Å². The fourth-order valence-electron chi connectivity index (χ4n) is 1.99. The van der Waals surface area contributed by atoms with Crippen LogP contribution in [0.15, 0.2) is 22.6 Å². The largest absolute Gasteiger partial charge is 0.130 e. The van der Waals surface area contributed by atoms with Gasteiger partial charge in [-0.15, -0.1) is 23.1 Å². The van der Waals surface area contributed by atoms with Crippen molar-refractivity contribution in [2.24, 2.45) is 0 Å². The average molecular weight is 332 g/mol. The maximum atomic E-state index is 2.42. The summed E-state index contributed by atoms with van der Waals surface area (Å²) in [6.07, 6.45) is 5.93. The summed E-state index contributed by atoms with van der Waals surface area (Å²) in [5.41, 5.74) is 3.07. The Bertz CT molecular complexity index is 454. The number of rotatable bonds is 0. The SMILES string of the molecule is CC1=CC2=Cc3sc(I)cc3CC2S1. The van der Waals surface area contributed by atoms with Gasteiger partial charge in [0.25, 0.3) is 0 Å². The standard InChI is InChI=1S/C11H9IS2/c1-6-2-7-3-10-8(4-9(7)13-6)5-11(12)14-10/h2-3,5,9H,4H2,1H3. The molecule has 2 heterocycles. The molecule has 3 heteroatoms. The summed E-state index contributed by atoms with van der Waals surface area (Å²) < 4.78 is 1.41. The highest BCUT2D eigenvalue weighted by atomic mass is 127. The van der Waals surface area contributed by atoms with Gasteiger partial charge in [0.15, 0.2) is 0 Å². The Morgan fingerprint density at radius 1 is 1.43 bits per heavy atom. The van der Waals surface area contributed by atoms with Crippen LogP contribution in [0.25, 0.3) is 6.08 Å². The van der Waals surface area contributed by atoms with Gasteiger partial charge >= 0.3 is 0 Å². The molecule has 0 nitrogen and oxygen atoms in total. The average Bonchev–Trinajstić information content (AvgIpc) is 2.59. The van der Waals surface area contributed by atoms with Crippen molar-refractivity contribution in [3.8, 4) is 0 Å². The van der Waals surface area contributed by atoms with Gasteiger partial charge < -0.3 is 0 Å². The van der Waals surface area contributed by atoms with Gasteiger partial charge in [0, 0.05) is 10.1 Å². The number of hydrogen-bond donors (Lipinski definition) is 0. The zero-order chi connectivity index (χ0) is 9.71. The minimum Gasteiger partial charge on any atom is -0.130 e. The number of thiophene rings is 1. The molecule has 14 heavy (non-hydrogen) atoms. The lowest BCUT2D eigenvalue weighted by molar-refractivity contribution is 0.990. The molecule has 0 radical (unpaired) electrons. The predicted molar refractivity (Wildman–Crippen MR) is 73.9 cm³/mol. The first-order valence-electron chi connectivity index (χ1n) is 4.57. The van der Waals surface area contributed by atoms with E-state index in [0.29, 0.717) is 5.25 Å². The van der Waals surface area contributed by atoms with Crippen molar-refractivity contribution in [2.45, 2.75) is 18.6 Å². The van der Waals surface area contributed by atoms with Crippen LogP contribution in [0.2, 0.25) is 0 Å². The van der Waals surface area contributed by atoms with Crippen LogP contribution in [0, 0.1) is 2.88 Å². The molecule has 0 saturated carbocycles. The fraction of sp³-hybridized carbons (Fsp3) is 0.273. The van der Waals surface area contributed by atoms with Crippen LogP contribution < -0.4 is 0 Å². The number of halogens is 1. The molecule has 3 rings (SSSR count). The molecule has 72 valence electrons. The molecule has 0 aromatic carbocycles. The van der Waals surface area contributed by atoms with E-state index in [9.17, 15) is 0 Å². The minimum absolute atomic E-state index is 0.702. The van der Waals surface area contributed by atoms with Crippen LogP contribution in [0.5, 0.6) is 0 Å². The molecule has 0 amide bonds. The Morgan fingerprint density at radius 3 is 3.14 bits per heavy atom. The molecule has 1 atom stereocenters. The highest BCUT2D eigenvalue weighted by Gasteiger charge is 2.26. The molecular formula is C11H9IS2. The van der Waals surface area contributed by atoms with Crippen molar-refractivity contribution >= 4 is 51.8 Å². The summed E-state index contributed by atoms with van der Waals surface area (Å²) in [6.45, 7) is 2.21. The van der Waals surface area contributed by atoms with Gasteiger partial charge in [-0.3, -0.25) is 0 Å². The summed E-state index contributed by atoms with van der Waals surface area (Å²) in [4.78, 5) is 2.94. The van der Waals surface area contributed by atoms with Crippen LogP contribution >= 0.6 is 45.7 Å². The Labute approximate surface area is 106 Å². The molecule has 1 aromatic rings. The normalized spacial score (nSPS) is 24.0. The second-order valence-electron chi connectivity index (χ2n) is 3.65. The summed E-state index contributed by atoms with van der Waals surface area (Å²) in [6, 6.07) is 2.34. The Kier molecular flexibility index (Phi) is 2.29. The molecular weight excluding hydrogens is 323 g/mol. The first-order valence-corrected chi connectivity index (χ1v) is 7.34. The summed E-state index contributed by atoms with van der Waals surface area (Å²) in [5, 5.41) is 0.702. The second-order valence-corrected chi connectivity index (χ2v) is 8.08. The molecule has 1 aliphatic carbocycles. The van der Waals surface area contributed by atoms with Gasteiger partial charge in [-0.2, -0.15) is 0 Å². The Hall–Kier alpha value is 0.260. The summed E-state index contributed by atoms with van der Waals surface area (Å²) in [5.74, 6) is 0. The highest BCUT2D eigenvalue weighted by molar-refractivity contribution is 14.1. The van der Waals surface area contributed by atoms with Crippen molar-refractivity contribution in [1.82, 2.24) is 0 Å². The molecule has 0 bridgehead atoms. The summed E-state index contributed by atoms with van der Waals surface area (Å²) >= 11 is 6.35. The lowest BCUT2D eigenvalue weighted by Crippen LogP contribution is -2.09. The topological polar surface area (TPSA) is 0 Å². The smallest absolute Gasteiger partial charge is 0.0662 e. The van der Waals surface area contributed by atoms with Crippen LogP contribution in [0.1, 0.15) is 17.4 Å². The molecule has 1 aliphatic heterocycles. The van der Waals surface area contributed by atoms with E-state index in [2.05, 4.69) is 47.7 Å². The quantitative estimate of drug-likeness (QED) is 0.638. The van der Waals surface area contributed by atoms with E-state index in [1.165, 1.54) is 24.7 Å². The van der Waals surface area contributed by atoms with Crippen molar-refractivity contribution in [3.05, 3.63) is 35.9 Å². The van der Waals surface area contributed by atoms with Gasteiger partial charge in [-0.1, -0.05) is 0 Å². The molecule has 0 fully saturated rings. The maximum absolute atomic E-state index is 2.42. The number of allylic oxidation sites excluding steroid dienone is 2. The lowest BCUT2D eigenvalue weighted by atomic mass is 9.98. The molecule has 2 aliphatic rings. The van der Waals surface area contributed by atoms with Crippen LogP contribution in [0.4, 0.5) is 0 Å². The monoisotopic (exact) mass is 332 g/mol. The zero-order valence-corrected chi connectivity index (χ0v) is 11.5. The predicted octanol–water partition coefficient (Wildman–Crippen LogP) is 4.31. The van der Waals surface area contributed by atoms with Crippen LogP contribution in [-0.2, 0) is 6.42 Å². The third-order valence-corrected chi connectivity index (χ3v) is 5.68. The lowest BCUT2D eigenvalue weighted by Gasteiger charge is -2.16. The third-order valence-electron chi connectivity index (χ3n) is 2.58. The highest BCUT2D eigenvalue weighted by Crippen LogP contribution is 2.43. The molecule has 1 aromatic heterocycles. The molecule has 1 unspecified atom stereocenters. The van der Waals surface area contributed by atoms with Crippen molar-refractivity contribution in [1.29, 1.82) is 0 Å². The number of thioether (sulfide) groups is 1. The van der Waals surface area contributed by atoms with E-state index in [-0.39, 0.29) is 0 Å². The Morgan fingerprint density at radius 2 is 2.29 bits per heavy atom. The van der Waals surface area contributed by atoms with Gasteiger partial charge in [-0.25, -0.2) is 0 Å². The fourth-order valence-corrected chi connectivity index (χ4v) is 5.14. The van der Waals surface area contributed by atoms with E-state index in [0.717, 1.165) is 0 Å². The third kappa shape index (κ3) is 1.49. The van der Waals surface area contributed by atoms with E-state index in [1.54, 1.807) is 5.56 Å². The van der Waals surface area contributed by atoms with Crippen molar-refractivity contribution in [3.63, 3.8) is 0 Å². The van der Waals surface area contributed by atoms with Gasteiger partial charge in [0.05, 0.1) is 2.88 Å². The molecule has 0 saturated heterocycles. The van der Waals surface area contributed by atoms with Crippen molar-refractivity contribution in [2.75, 3.05) is 0 Å². The zero-order valence-electron chi connectivity index (χ0n) is 7.71. The Balaban J connectivity index is 2.09. The first-order chi connectivity index (χ1) is 6.72. The van der Waals surface area contributed by atoms with E-state index in [4.69, 9.17) is 0 Å². The van der Waals surface area contributed by atoms with Crippen LogP contribution in [0.3, 0.4) is 0 Å². The van der Waals surface area contributed by atoms with Crippen LogP contribution in [-0.4, -0.2) is 5.25 Å². The van der Waals surface area contributed by atoms with Crippen molar-refractivity contribution < 1.29 is 0 Å². The maximum Gasteiger partial charge on any atom is 0.0662 e. The first kappa shape index (κ1) is 9.48. The summed E-state index contributed by atoms with van der Waals surface area (Å²) in [7, 11) is 0. The minimum atomic E-state index is 0.702. The van der Waals surface area contributed by atoms with E-state index >= 15 is 0 Å². The molecule has 0 N–H and O–H groups in total. The number of hydrogen-bond acceptors (Lipinski definition) is 2. The van der Waals surface area contributed by atoms with Gasteiger partial charge in [-0.05, 0) is 70.2 Å². The van der Waals surface area contributed by atoms with E-state index < -0.39 is 0 Å².